The molecule has 2 N–H and O–H groups in total. The maximum atomic E-state index is 13.0. The number of ether oxygens (including phenoxy) is 3. The van der Waals surface area contributed by atoms with Gasteiger partial charge in [-0.05, 0) is 60.6 Å². The Balaban J connectivity index is 1.73. The maximum absolute atomic E-state index is 13.0. The largest absolute Gasteiger partial charge is 0.490 e. The topological polar surface area (TPSA) is 68.8 Å². The summed E-state index contributed by atoms with van der Waals surface area (Å²) < 4.78 is 17.1. The van der Waals surface area contributed by atoms with Crippen LogP contribution in [-0.2, 0) is 16.1 Å². The molecule has 1 aliphatic rings. The number of carbonyl (C=O) groups excluding carboxylic acids is 1. The van der Waals surface area contributed by atoms with Crippen molar-refractivity contribution in [1.29, 1.82) is 0 Å². The molecule has 9 heteroatoms. The predicted octanol–water partition coefficient (Wildman–Crippen LogP) is 6.07. The highest BCUT2D eigenvalue weighted by Gasteiger charge is 2.33. The second-order valence-electron chi connectivity index (χ2n) is 7.84. The van der Waals surface area contributed by atoms with E-state index in [-0.39, 0.29) is 6.61 Å². The van der Waals surface area contributed by atoms with Crippen LogP contribution in [-0.4, -0.2) is 24.8 Å². The van der Waals surface area contributed by atoms with E-state index in [1.54, 1.807) is 18.2 Å². The van der Waals surface area contributed by atoms with E-state index in [9.17, 15) is 4.79 Å². The Labute approximate surface area is 225 Å². The number of nitrogens with one attached hydrogen (secondary N) is 2. The molecule has 0 unspecified atom stereocenters. The SMILES string of the molecule is CCOc1cc([C@H]2NC(=S)NC(c3ccc(Cl)cc3)=C2C(=O)OC)ccc1OCc1ccccc1Cl. The molecule has 0 bridgehead atoms. The molecular weight excluding hydrogens is 519 g/mol. The van der Waals surface area contributed by atoms with Crippen LogP contribution >= 0.6 is 35.4 Å². The second-order valence-corrected chi connectivity index (χ2v) is 9.09. The van der Waals surface area contributed by atoms with Crippen LogP contribution in [0.3, 0.4) is 0 Å². The van der Waals surface area contributed by atoms with Crippen molar-refractivity contribution < 1.29 is 19.0 Å². The first-order valence-corrected chi connectivity index (χ1v) is 12.4. The average molecular weight is 543 g/mol. The summed E-state index contributed by atoms with van der Waals surface area (Å²) in [6.45, 7) is 2.60. The van der Waals surface area contributed by atoms with E-state index in [0.717, 1.165) is 16.7 Å². The van der Waals surface area contributed by atoms with Crippen molar-refractivity contribution >= 4 is 52.2 Å². The molecule has 0 spiro atoms. The van der Waals surface area contributed by atoms with Crippen molar-refractivity contribution in [2.75, 3.05) is 13.7 Å². The smallest absolute Gasteiger partial charge is 0.338 e. The quantitative estimate of drug-likeness (QED) is 0.264. The molecule has 6 nitrogen and oxygen atoms in total. The molecule has 0 amide bonds. The standard InChI is InChI=1S/C27H24Cl2N2O4S/c1-3-34-22-14-17(10-13-21(22)35-15-18-6-4-5-7-20(18)29)25-23(26(32)33-2)24(30-27(36)31-25)16-8-11-19(28)12-9-16/h4-14,25H,3,15H2,1-2H3,(H2,30,31,36)/t25-/m1/s1. The number of esters is 1. The van der Waals surface area contributed by atoms with Gasteiger partial charge in [0.05, 0.1) is 31.0 Å². The van der Waals surface area contributed by atoms with Crippen LogP contribution in [0.25, 0.3) is 5.70 Å². The summed E-state index contributed by atoms with van der Waals surface area (Å²) in [6.07, 6.45) is 0. The lowest BCUT2D eigenvalue weighted by molar-refractivity contribution is -0.136. The fourth-order valence-electron chi connectivity index (χ4n) is 3.85. The fraction of sp³-hybridized carbons (Fsp3) is 0.185. The number of methoxy groups -OCH3 is 1. The van der Waals surface area contributed by atoms with Gasteiger partial charge in [-0.3, -0.25) is 0 Å². The Kier molecular flexibility index (Phi) is 8.36. The predicted molar refractivity (Wildman–Crippen MR) is 145 cm³/mol. The number of benzene rings is 3. The first-order valence-electron chi connectivity index (χ1n) is 11.2. The molecule has 0 fully saturated rings. The van der Waals surface area contributed by atoms with Crippen LogP contribution in [0.1, 0.15) is 29.7 Å². The Morgan fingerprint density at radius 2 is 1.75 bits per heavy atom. The van der Waals surface area contributed by atoms with Crippen LogP contribution in [0.2, 0.25) is 10.0 Å². The Morgan fingerprint density at radius 3 is 2.44 bits per heavy atom. The van der Waals surface area contributed by atoms with Crippen molar-refractivity contribution in [1.82, 2.24) is 10.6 Å². The van der Waals surface area contributed by atoms with E-state index in [2.05, 4.69) is 10.6 Å². The molecule has 4 rings (SSSR count). The second kappa shape index (κ2) is 11.6. The summed E-state index contributed by atoms with van der Waals surface area (Å²) in [5.74, 6) is 0.591. The third-order valence-electron chi connectivity index (χ3n) is 5.55. The van der Waals surface area contributed by atoms with E-state index in [1.807, 2.05) is 55.5 Å². The average Bonchev–Trinajstić information content (AvgIpc) is 2.88. The Bertz CT molecular complexity index is 1310. The molecule has 0 saturated carbocycles. The molecule has 0 aliphatic carbocycles. The van der Waals surface area contributed by atoms with Gasteiger partial charge in [0.2, 0.25) is 0 Å². The Morgan fingerprint density at radius 1 is 1.00 bits per heavy atom. The molecule has 0 radical (unpaired) electrons. The summed E-state index contributed by atoms with van der Waals surface area (Å²) in [5.41, 5.74) is 3.28. The minimum absolute atomic E-state index is 0.281. The van der Waals surface area contributed by atoms with Gasteiger partial charge in [-0.15, -0.1) is 0 Å². The lowest BCUT2D eigenvalue weighted by Crippen LogP contribution is -2.45. The summed E-state index contributed by atoms with van der Waals surface area (Å²) in [6, 6.07) is 19.5. The fourth-order valence-corrected chi connectivity index (χ4v) is 4.39. The zero-order chi connectivity index (χ0) is 25.7. The monoisotopic (exact) mass is 542 g/mol. The number of hydrogen-bond acceptors (Lipinski definition) is 5. The van der Waals surface area contributed by atoms with E-state index in [1.165, 1.54) is 7.11 Å². The highest BCUT2D eigenvalue weighted by atomic mass is 35.5. The summed E-state index contributed by atoms with van der Waals surface area (Å²) >= 11 is 17.8. The summed E-state index contributed by atoms with van der Waals surface area (Å²) in [5, 5.41) is 7.87. The molecule has 1 aliphatic heterocycles. The molecule has 1 heterocycles. The van der Waals surface area contributed by atoms with Crippen LogP contribution < -0.4 is 20.1 Å². The van der Waals surface area contributed by atoms with Gasteiger partial charge in [-0.25, -0.2) is 4.79 Å². The third-order valence-corrected chi connectivity index (χ3v) is 6.39. The lowest BCUT2D eigenvalue weighted by atomic mass is 9.92. The number of halogens is 2. The van der Waals surface area contributed by atoms with E-state index >= 15 is 0 Å². The number of thiocarbonyl (C=S) groups is 1. The molecule has 0 aromatic heterocycles. The van der Waals surface area contributed by atoms with E-state index in [0.29, 0.717) is 44.5 Å². The Hall–Kier alpha value is -3.26. The number of hydrogen-bond donors (Lipinski definition) is 2. The van der Waals surface area contributed by atoms with Gasteiger partial charge in [0.1, 0.15) is 6.61 Å². The molecule has 0 saturated heterocycles. The zero-order valence-electron chi connectivity index (χ0n) is 19.6. The van der Waals surface area contributed by atoms with Gasteiger partial charge < -0.3 is 24.8 Å². The maximum Gasteiger partial charge on any atom is 0.338 e. The summed E-state index contributed by atoms with van der Waals surface area (Å²) in [7, 11) is 1.34. The van der Waals surface area contributed by atoms with Gasteiger partial charge in [-0.2, -0.15) is 0 Å². The van der Waals surface area contributed by atoms with Crippen molar-refractivity contribution in [3.63, 3.8) is 0 Å². The van der Waals surface area contributed by atoms with Gasteiger partial charge >= 0.3 is 5.97 Å². The molecular formula is C27H24Cl2N2O4S. The van der Waals surface area contributed by atoms with E-state index in [4.69, 9.17) is 49.6 Å². The number of carbonyl (C=O) groups is 1. The normalized spacial score (nSPS) is 15.1. The highest BCUT2D eigenvalue weighted by molar-refractivity contribution is 7.80. The third kappa shape index (κ3) is 5.75. The van der Waals surface area contributed by atoms with Crippen molar-refractivity contribution in [2.45, 2.75) is 19.6 Å². The summed E-state index contributed by atoms with van der Waals surface area (Å²) in [4.78, 5) is 13.0. The van der Waals surface area contributed by atoms with Crippen LogP contribution in [0.15, 0.2) is 72.3 Å². The minimum Gasteiger partial charge on any atom is -0.490 e. The van der Waals surface area contributed by atoms with Crippen molar-refractivity contribution in [2.24, 2.45) is 0 Å². The van der Waals surface area contributed by atoms with E-state index < -0.39 is 12.0 Å². The molecule has 1 atom stereocenters. The van der Waals surface area contributed by atoms with Gasteiger partial charge in [0.25, 0.3) is 0 Å². The van der Waals surface area contributed by atoms with Crippen molar-refractivity contribution in [3.8, 4) is 11.5 Å². The van der Waals surface area contributed by atoms with Crippen LogP contribution in [0, 0.1) is 0 Å². The lowest BCUT2D eigenvalue weighted by Gasteiger charge is -2.31. The van der Waals surface area contributed by atoms with Crippen LogP contribution in [0.5, 0.6) is 11.5 Å². The molecule has 3 aromatic rings. The van der Waals surface area contributed by atoms with Crippen LogP contribution in [0.4, 0.5) is 0 Å². The minimum atomic E-state index is -0.589. The molecule has 36 heavy (non-hydrogen) atoms. The van der Waals surface area contributed by atoms with Gasteiger partial charge in [-0.1, -0.05) is 59.6 Å². The molecule has 3 aromatic carbocycles. The zero-order valence-corrected chi connectivity index (χ0v) is 22.0. The van der Waals surface area contributed by atoms with Crippen molar-refractivity contribution in [3.05, 3.63) is 99.0 Å². The highest BCUT2D eigenvalue weighted by Crippen LogP contribution is 2.37. The van der Waals surface area contributed by atoms with Gasteiger partial charge in [0, 0.05) is 15.6 Å². The molecule has 186 valence electrons. The first-order chi connectivity index (χ1) is 17.4. The first kappa shape index (κ1) is 25.8. The number of rotatable bonds is 8. The van der Waals surface area contributed by atoms with Gasteiger partial charge in [0.15, 0.2) is 16.6 Å².